The van der Waals surface area contributed by atoms with Gasteiger partial charge in [-0.3, -0.25) is 4.90 Å². The van der Waals surface area contributed by atoms with E-state index in [9.17, 15) is 0 Å². The maximum absolute atomic E-state index is 2.57. The number of benzene rings is 2. The van der Waals surface area contributed by atoms with Gasteiger partial charge >= 0.3 is 0 Å². The summed E-state index contributed by atoms with van der Waals surface area (Å²) >= 11 is 0. The Morgan fingerprint density at radius 1 is 0.900 bits per heavy atom. The molecule has 1 heteroatoms. The van der Waals surface area contributed by atoms with Gasteiger partial charge in [0.1, 0.15) is 0 Å². The Labute approximate surface area is 121 Å². The molecule has 0 unspecified atom stereocenters. The quantitative estimate of drug-likeness (QED) is 0.745. The summed E-state index contributed by atoms with van der Waals surface area (Å²) in [5.74, 6) is 1.33. The molecular formula is C19H21N. The summed E-state index contributed by atoms with van der Waals surface area (Å²) < 4.78 is 0. The zero-order valence-corrected chi connectivity index (χ0v) is 12.0. The smallest absolute Gasteiger partial charge is 0.0385 e. The van der Waals surface area contributed by atoms with Crippen LogP contribution in [0.4, 0.5) is 0 Å². The Kier molecular flexibility index (Phi) is 2.89. The molecule has 1 nitrogen and oxygen atoms in total. The number of hydrogen-bond acceptors (Lipinski definition) is 1. The third-order valence-corrected chi connectivity index (χ3v) is 5.17. The molecule has 20 heavy (non-hydrogen) atoms. The van der Waals surface area contributed by atoms with Gasteiger partial charge in [-0.15, -0.1) is 0 Å². The van der Waals surface area contributed by atoms with Gasteiger partial charge in [0, 0.05) is 12.0 Å². The number of piperidine rings is 1. The molecule has 1 aliphatic heterocycles. The maximum Gasteiger partial charge on any atom is 0.0385 e. The molecule has 0 aromatic heterocycles. The van der Waals surface area contributed by atoms with E-state index in [1.165, 1.54) is 24.9 Å². The highest BCUT2D eigenvalue weighted by Gasteiger charge is 2.44. The van der Waals surface area contributed by atoms with Crippen molar-refractivity contribution >= 4 is 0 Å². The lowest BCUT2D eigenvalue weighted by Crippen LogP contribution is -2.34. The summed E-state index contributed by atoms with van der Waals surface area (Å²) in [5.41, 5.74) is 4.61. The van der Waals surface area contributed by atoms with Crippen LogP contribution < -0.4 is 0 Å². The fourth-order valence-corrected chi connectivity index (χ4v) is 4.40. The minimum Gasteiger partial charge on any atom is -0.299 e. The van der Waals surface area contributed by atoms with Crippen molar-refractivity contribution in [2.75, 3.05) is 13.6 Å². The number of likely N-dealkylation sites (tertiary alicyclic amines) is 1. The second-order valence-corrected chi connectivity index (χ2v) is 6.25. The number of rotatable bonds is 1. The highest BCUT2D eigenvalue weighted by molar-refractivity contribution is 5.46. The van der Waals surface area contributed by atoms with E-state index in [1.807, 2.05) is 0 Å². The second kappa shape index (κ2) is 4.75. The van der Waals surface area contributed by atoms with E-state index in [0.717, 1.165) is 5.92 Å². The summed E-state index contributed by atoms with van der Waals surface area (Å²) in [4.78, 5) is 2.57. The minimum atomic E-state index is 0.583. The van der Waals surface area contributed by atoms with Gasteiger partial charge in [0.2, 0.25) is 0 Å². The van der Waals surface area contributed by atoms with Gasteiger partial charge in [0.25, 0.3) is 0 Å². The van der Waals surface area contributed by atoms with Gasteiger partial charge in [0.15, 0.2) is 0 Å². The second-order valence-electron chi connectivity index (χ2n) is 6.25. The van der Waals surface area contributed by atoms with Crippen LogP contribution in [-0.4, -0.2) is 18.5 Å². The minimum absolute atomic E-state index is 0.583. The molecule has 1 heterocycles. The first-order valence-electron chi connectivity index (χ1n) is 7.70. The molecular weight excluding hydrogens is 242 g/mol. The average Bonchev–Trinajstić information content (AvgIpc) is 2.84. The molecule has 1 fully saturated rings. The Morgan fingerprint density at radius 2 is 1.60 bits per heavy atom. The van der Waals surface area contributed by atoms with Gasteiger partial charge in [-0.2, -0.15) is 0 Å². The van der Waals surface area contributed by atoms with E-state index in [4.69, 9.17) is 0 Å². The van der Waals surface area contributed by atoms with E-state index in [-0.39, 0.29) is 0 Å². The highest BCUT2D eigenvalue weighted by Crippen LogP contribution is 2.53. The molecule has 0 saturated carbocycles. The van der Waals surface area contributed by atoms with Crippen LogP contribution in [0.15, 0.2) is 54.6 Å². The fraction of sp³-hybridized carbons (Fsp3) is 0.368. The van der Waals surface area contributed by atoms with Crippen molar-refractivity contribution in [3.05, 3.63) is 71.3 Å². The highest BCUT2D eigenvalue weighted by atomic mass is 15.1. The zero-order valence-electron chi connectivity index (χ0n) is 12.0. The topological polar surface area (TPSA) is 3.24 Å². The first-order chi connectivity index (χ1) is 9.86. The summed E-state index contributed by atoms with van der Waals surface area (Å²) in [6.45, 7) is 1.23. The van der Waals surface area contributed by atoms with Crippen LogP contribution in [0.2, 0.25) is 0 Å². The maximum atomic E-state index is 2.57. The van der Waals surface area contributed by atoms with Crippen molar-refractivity contribution in [3.8, 4) is 0 Å². The summed E-state index contributed by atoms with van der Waals surface area (Å²) in [5, 5.41) is 0. The molecule has 4 rings (SSSR count). The predicted molar refractivity (Wildman–Crippen MR) is 82.8 cm³/mol. The third-order valence-electron chi connectivity index (χ3n) is 5.17. The third kappa shape index (κ3) is 1.73. The average molecular weight is 263 g/mol. The van der Waals surface area contributed by atoms with Crippen molar-refractivity contribution in [1.82, 2.24) is 4.90 Å². The molecule has 0 amide bonds. The molecule has 2 aromatic rings. The van der Waals surface area contributed by atoms with E-state index >= 15 is 0 Å². The monoisotopic (exact) mass is 263 g/mol. The Balaban J connectivity index is 1.86. The molecule has 2 aromatic carbocycles. The van der Waals surface area contributed by atoms with Gasteiger partial charge in [-0.05, 0) is 49.0 Å². The van der Waals surface area contributed by atoms with Crippen molar-refractivity contribution in [1.29, 1.82) is 0 Å². The van der Waals surface area contributed by atoms with Crippen LogP contribution >= 0.6 is 0 Å². The lowest BCUT2D eigenvalue weighted by molar-refractivity contribution is 0.127. The van der Waals surface area contributed by atoms with Gasteiger partial charge < -0.3 is 0 Å². The van der Waals surface area contributed by atoms with Crippen molar-refractivity contribution in [2.24, 2.45) is 5.92 Å². The van der Waals surface area contributed by atoms with Gasteiger partial charge in [0.05, 0.1) is 0 Å². The van der Waals surface area contributed by atoms with Crippen LogP contribution in [0, 0.1) is 5.92 Å². The van der Waals surface area contributed by atoms with Gasteiger partial charge in [-0.25, -0.2) is 0 Å². The fourth-order valence-electron chi connectivity index (χ4n) is 4.40. The molecule has 1 saturated heterocycles. The molecule has 0 N–H and O–H groups in total. The lowest BCUT2D eigenvalue weighted by atomic mass is 9.80. The Bertz CT molecular complexity index is 604. The van der Waals surface area contributed by atoms with Crippen LogP contribution in [0.25, 0.3) is 0 Å². The van der Waals surface area contributed by atoms with E-state index < -0.39 is 0 Å². The van der Waals surface area contributed by atoms with Crippen molar-refractivity contribution in [3.63, 3.8) is 0 Å². The predicted octanol–water partition coefficient (Wildman–Crippen LogP) is 4.22. The summed E-state index contributed by atoms with van der Waals surface area (Å²) in [6.07, 6.45) is 2.68. The van der Waals surface area contributed by atoms with Gasteiger partial charge in [-0.1, -0.05) is 54.6 Å². The Morgan fingerprint density at radius 3 is 2.40 bits per heavy atom. The Hall–Kier alpha value is -1.60. The summed E-state index contributed by atoms with van der Waals surface area (Å²) in [6, 6.07) is 20.8. The van der Waals surface area contributed by atoms with E-state index in [0.29, 0.717) is 12.0 Å². The van der Waals surface area contributed by atoms with Crippen molar-refractivity contribution in [2.45, 2.75) is 24.8 Å². The molecule has 0 bridgehead atoms. The van der Waals surface area contributed by atoms with Crippen LogP contribution in [0.1, 0.15) is 41.5 Å². The summed E-state index contributed by atoms with van der Waals surface area (Å²) in [7, 11) is 2.29. The van der Waals surface area contributed by atoms with Crippen LogP contribution in [0.5, 0.6) is 0 Å². The molecule has 102 valence electrons. The van der Waals surface area contributed by atoms with E-state index in [1.54, 1.807) is 11.1 Å². The number of nitrogens with zero attached hydrogens (tertiary/aromatic N) is 1. The lowest BCUT2D eigenvalue weighted by Gasteiger charge is -2.37. The van der Waals surface area contributed by atoms with E-state index in [2.05, 4.69) is 66.5 Å². The number of hydrogen-bond donors (Lipinski definition) is 0. The zero-order chi connectivity index (χ0) is 13.5. The largest absolute Gasteiger partial charge is 0.299 e. The SMILES string of the molecule is CN1CCC[C@H]2[C@@H](c3ccccc3)c3ccccc3[C@@H]21. The normalized spacial score (nSPS) is 28.9. The van der Waals surface area contributed by atoms with Crippen LogP contribution in [-0.2, 0) is 0 Å². The first-order valence-corrected chi connectivity index (χ1v) is 7.70. The molecule has 3 atom stereocenters. The molecule has 0 radical (unpaired) electrons. The molecule has 1 aliphatic carbocycles. The number of fused-ring (bicyclic) bond motifs is 3. The van der Waals surface area contributed by atoms with Crippen LogP contribution in [0.3, 0.4) is 0 Å². The molecule has 2 aliphatic rings. The standard InChI is InChI=1S/C19H21N/c1-20-13-7-12-17-18(14-8-3-2-4-9-14)15-10-5-6-11-16(15)19(17)20/h2-6,8-11,17-19H,7,12-13H2,1H3/t17-,18-,19-/m0/s1. The van der Waals surface area contributed by atoms with Crippen molar-refractivity contribution < 1.29 is 0 Å². The first kappa shape index (κ1) is 12.2. The molecule has 0 spiro atoms.